The maximum absolute atomic E-state index is 11.8. The van der Waals surface area contributed by atoms with E-state index in [2.05, 4.69) is 0 Å². The molecule has 1 unspecified atom stereocenters. The molecule has 0 saturated carbocycles. The smallest absolute Gasteiger partial charge is 0.260 e. The van der Waals surface area contributed by atoms with Gasteiger partial charge in [-0.2, -0.15) is 0 Å². The molecule has 1 aromatic rings. The number of benzene rings is 1. The molecule has 1 atom stereocenters. The van der Waals surface area contributed by atoms with E-state index in [0.717, 1.165) is 0 Å². The lowest BCUT2D eigenvalue weighted by atomic mass is 10.0. The van der Waals surface area contributed by atoms with E-state index in [9.17, 15) is 9.59 Å². The Balaban J connectivity index is 2.21. The second-order valence-electron chi connectivity index (χ2n) is 3.49. The molecule has 2 rings (SSSR count). The van der Waals surface area contributed by atoms with Crippen LogP contribution in [0.15, 0.2) is 30.3 Å². The Morgan fingerprint density at radius 1 is 1.36 bits per heavy atom. The highest BCUT2D eigenvalue weighted by atomic mass is 16.2. The second-order valence-corrected chi connectivity index (χ2v) is 3.49. The minimum atomic E-state index is -0.186. The van der Waals surface area contributed by atoms with Crippen molar-refractivity contribution in [3.8, 4) is 0 Å². The van der Waals surface area contributed by atoms with E-state index in [0.29, 0.717) is 12.0 Å². The normalized spacial score (nSPS) is 20.5. The molecule has 0 N–H and O–H groups in total. The first kappa shape index (κ1) is 8.94. The Bertz CT molecular complexity index is 372. The molecule has 1 saturated heterocycles. The fourth-order valence-corrected chi connectivity index (χ4v) is 1.61. The zero-order valence-electron chi connectivity index (χ0n) is 7.93. The molecule has 0 aliphatic carbocycles. The van der Waals surface area contributed by atoms with E-state index >= 15 is 0 Å². The zero-order chi connectivity index (χ0) is 10.1. The van der Waals surface area contributed by atoms with Crippen LogP contribution in [-0.2, 0) is 4.79 Å². The molecule has 1 aliphatic rings. The van der Waals surface area contributed by atoms with Gasteiger partial charge in [0.1, 0.15) is 0 Å². The van der Waals surface area contributed by atoms with Gasteiger partial charge in [0.15, 0.2) is 0 Å². The highest BCUT2D eigenvalue weighted by Crippen LogP contribution is 2.21. The Morgan fingerprint density at radius 3 is 2.50 bits per heavy atom. The summed E-state index contributed by atoms with van der Waals surface area (Å²) in [6, 6.07) is 8.93. The average Bonchev–Trinajstić information content (AvgIpc) is 2.18. The predicted molar refractivity (Wildman–Crippen MR) is 51.7 cm³/mol. The van der Waals surface area contributed by atoms with Crippen LogP contribution in [0.4, 0.5) is 0 Å². The Morgan fingerprint density at radius 2 is 2.00 bits per heavy atom. The molecule has 2 amide bonds. The summed E-state index contributed by atoms with van der Waals surface area (Å²) in [5, 5.41) is 0. The van der Waals surface area contributed by atoms with E-state index in [-0.39, 0.29) is 17.9 Å². The van der Waals surface area contributed by atoms with Crippen molar-refractivity contribution in [3.05, 3.63) is 35.9 Å². The lowest BCUT2D eigenvalue weighted by Crippen LogP contribution is -2.54. The van der Waals surface area contributed by atoms with E-state index in [4.69, 9.17) is 0 Å². The molecular formula is C11H11NO2. The molecule has 1 fully saturated rings. The van der Waals surface area contributed by atoms with Crippen molar-refractivity contribution in [2.24, 2.45) is 0 Å². The van der Waals surface area contributed by atoms with Gasteiger partial charge in [-0.25, -0.2) is 0 Å². The van der Waals surface area contributed by atoms with Gasteiger partial charge in [-0.15, -0.1) is 0 Å². The van der Waals surface area contributed by atoms with Crippen molar-refractivity contribution in [2.45, 2.75) is 19.4 Å². The number of rotatable bonds is 1. The minimum Gasteiger partial charge on any atom is -0.275 e. The van der Waals surface area contributed by atoms with Crippen molar-refractivity contribution < 1.29 is 9.59 Å². The van der Waals surface area contributed by atoms with E-state index in [1.54, 1.807) is 24.3 Å². The maximum Gasteiger partial charge on any atom is 0.260 e. The molecule has 0 radical (unpaired) electrons. The zero-order valence-corrected chi connectivity index (χ0v) is 7.93. The summed E-state index contributed by atoms with van der Waals surface area (Å²) in [7, 11) is 0. The Kier molecular flexibility index (Phi) is 2.08. The van der Waals surface area contributed by atoms with Gasteiger partial charge in [0, 0.05) is 18.0 Å². The summed E-state index contributed by atoms with van der Waals surface area (Å²) in [5.41, 5.74) is 0.576. The topological polar surface area (TPSA) is 37.4 Å². The van der Waals surface area contributed by atoms with E-state index < -0.39 is 0 Å². The fraction of sp³-hybridized carbons (Fsp3) is 0.273. The van der Waals surface area contributed by atoms with Crippen LogP contribution in [0.25, 0.3) is 0 Å². The monoisotopic (exact) mass is 189 g/mol. The molecule has 0 bridgehead atoms. The van der Waals surface area contributed by atoms with Gasteiger partial charge in [-0.3, -0.25) is 14.5 Å². The third-order valence-electron chi connectivity index (χ3n) is 2.42. The summed E-state index contributed by atoms with van der Waals surface area (Å²) in [6.45, 7) is 1.88. The predicted octanol–water partition coefficient (Wildman–Crippen LogP) is 1.45. The average molecular weight is 189 g/mol. The summed E-state index contributed by atoms with van der Waals surface area (Å²) < 4.78 is 0. The first-order valence-corrected chi connectivity index (χ1v) is 4.61. The van der Waals surface area contributed by atoms with Crippen LogP contribution in [0.1, 0.15) is 23.7 Å². The van der Waals surface area contributed by atoms with Crippen LogP contribution in [0, 0.1) is 0 Å². The van der Waals surface area contributed by atoms with Crippen molar-refractivity contribution in [1.82, 2.24) is 4.90 Å². The second kappa shape index (κ2) is 3.25. The molecule has 72 valence electrons. The first-order chi connectivity index (χ1) is 6.70. The molecule has 1 aromatic carbocycles. The van der Waals surface area contributed by atoms with Crippen molar-refractivity contribution in [2.75, 3.05) is 0 Å². The van der Waals surface area contributed by atoms with Crippen LogP contribution in [-0.4, -0.2) is 22.8 Å². The minimum absolute atomic E-state index is 0.0511. The van der Waals surface area contributed by atoms with Gasteiger partial charge >= 0.3 is 0 Å². The van der Waals surface area contributed by atoms with E-state index in [1.807, 2.05) is 13.0 Å². The Hall–Kier alpha value is -1.64. The Labute approximate surface area is 82.3 Å². The molecule has 3 heteroatoms. The van der Waals surface area contributed by atoms with Crippen LogP contribution in [0.2, 0.25) is 0 Å². The molecule has 0 aromatic heterocycles. The van der Waals surface area contributed by atoms with Gasteiger partial charge in [0.25, 0.3) is 5.91 Å². The highest BCUT2D eigenvalue weighted by Gasteiger charge is 2.37. The molecular weight excluding hydrogens is 178 g/mol. The number of imide groups is 1. The van der Waals surface area contributed by atoms with Crippen LogP contribution in [0.5, 0.6) is 0 Å². The van der Waals surface area contributed by atoms with Gasteiger partial charge in [0.2, 0.25) is 5.91 Å². The molecule has 1 heterocycles. The lowest BCUT2D eigenvalue weighted by Gasteiger charge is -2.36. The summed E-state index contributed by atoms with van der Waals surface area (Å²) in [6.07, 6.45) is 0.485. The molecule has 1 aliphatic heterocycles. The quantitative estimate of drug-likeness (QED) is 0.495. The van der Waals surface area contributed by atoms with Crippen LogP contribution < -0.4 is 0 Å². The number of β-lactam (4-membered cyclic amide) rings is 1. The number of hydrogen-bond acceptors (Lipinski definition) is 2. The van der Waals surface area contributed by atoms with Crippen molar-refractivity contribution in [3.63, 3.8) is 0 Å². The number of likely N-dealkylation sites (tertiary alicyclic amines) is 1. The summed E-state index contributed by atoms with van der Waals surface area (Å²) in [4.78, 5) is 24.2. The number of carbonyl (C=O) groups excluding carboxylic acids is 2. The standard InChI is InChI=1S/C11H11NO2/c1-8-7-10(13)12(8)11(14)9-5-3-2-4-6-9/h2-6,8H,7H2,1H3. The lowest BCUT2D eigenvalue weighted by molar-refractivity contribution is -0.140. The van der Waals surface area contributed by atoms with Crippen LogP contribution >= 0.6 is 0 Å². The SMILES string of the molecule is CC1CC(=O)N1C(=O)c1ccccc1. The summed E-state index contributed by atoms with van der Waals surface area (Å²) in [5.74, 6) is -0.263. The van der Waals surface area contributed by atoms with Gasteiger partial charge < -0.3 is 0 Å². The number of nitrogens with zero attached hydrogens (tertiary/aromatic N) is 1. The highest BCUT2D eigenvalue weighted by molar-refractivity contribution is 6.08. The number of amides is 2. The summed E-state index contributed by atoms with van der Waals surface area (Å²) >= 11 is 0. The van der Waals surface area contributed by atoms with Gasteiger partial charge in [0.05, 0.1) is 0 Å². The molecule has 3 nitrogen and oxygen atoms in total. The maximum atomic E-state index is 11.8. The number of hydrogen-bond donors (Lipinski definition) is 0. The van der Waals surface area contributed by atoms with Gasteiger partial charge in [-0.05, 0) is 19.1 Å². The van der Waals surface area contributed by atoms with Crippen molar-refractivity contribution >= 4 is 11.8 Å². The van der Waals surface area contributed by atoms with Crippen LogP contribution in [0.3, 0.4) is 0 Å². The van der Waals surface area contributed by atoms with E-state index in [1.165, 1.54) is 4.90 Å². The fourth-order valence-electron chi connectivity index (χ4n) is 1.61. The van der Waals surface area contributed by atoms with Gasteiger partial charge in [-0.1, -0.05) is 18.2 Å². The first-order valence-electron chi connectivity index (χ1n) is 4.61. The van der Waals surface area contributed by atoms with Crippen molar-refractivity contribution in [1.29, 1.82) is 0 Å². The third-order valence-corrected chi connectivity index (χ3v) is 2.42. The molecule has 14 heavy (non-hydrogen) atoms. The third kappa shape index (κ3) is 1.31. The largest absolute Gasteiger partial charge is 0.275 e. The molecule has 0 spiro atoms. The number of carbonyl (C=O) groups is 2.